The van der Waals surface area contributed by atoms with Gasteiger partial charge in [0.25, 0.3) is 0 Å². The van der Waals surface area contributed by atoms with Crippen LogP contribution in [0.2, 0.25) is 0 Å². The SMILES string of the molecule is NC(C(=O)OI)=C(c1ccccc1)c1ccccc1. The lowest BCUT2D eigenvalue weighted by Gasteiger charge is -2.11. The molecule has 0 spiro atoms. The summed E-state index contributed by atoms with van der Waals surface area (Å²) < 4.78 is 4.68. The van der Waals surface area contributed by atoms with E-state index in [1.807, 2.05) is 60.7 Å². The van der Waals surface area contributed by atoms with Gasteiger partial charge in [-0.2, -0.15) is 0 Å². The second-order valence-electron chi connectivity index (χ2n) is 3.89. The average molecular weight is 365 g/mol. The highest BCUT2D eigenvalue weighted by atomic mass is 127. The third kappa shape index (κ3) is 3.14. The molecule has 0 aromatic heterocycles. The van der Waals surface area contributed by atoms with Crippen molar-refractivity contribution < 1.29 is 7.86 Å². The summed E-state index contributed by atoms with van der Waals surface area (Å²) in [5, 5.41) is 0. The molecule has 0 aliphatic rings. The molecule has 0 atom stereocenters. The topological polar surface area (TPSA) is 52.3 Å². The second kappa shape index (κ2) is 6.38. The fourth-order valence-electron chi connectivity index (χ4n) is 1.83. The van der Waals surface area contributed by atoms with Crippen LogP contribution >= 0.6 is 23.0 Å². The Bertz CT molecular complexity index is 553. The molecular formula is C15H12INO2. The molecule has 0 bridgehead atoms. The molecule has 4 heteroatoms. The Balaban J connectivity index is 2.62. The van der Waals surface area contributed by atoms with Gasteiger partial charge in [-0.05, 0) is 11.1 Å². The van der Waals surface area contributed by atoms with Crippen LogP contribution in [0.4, 0.5) is 0 Å². The molecule has 0 saturated carbocycles. The van der Waals surface area contributed by atoms with Gasteiger partial charge in [0.2, 0.25) is 0 Å². The largest absolute Gasteiger partial charge is 0.392 e. The smallest absolute Gasteiger partial charge is 0.364 e. The Morgan fingerprint density at radius 2 is 1.32 bits per heavy atom. The van der Waals surface area contributed by atoms with Gasteiger partial charge in [-0.15, -0.1) is 0 Å². The molecule has 2 rings (SSSR count). The van der Waals surface area contributed by atoms with Crippen molar-refractivity contribution in [3.63, 3.8) is 0 Å². The van der Waals surface area contributed by atoms with Crippen LogP contribution in [-0.2, 0) is 7.86 Å². The second-order valence-corrected chi connectivity index (χ2v) is 4.33. The molecule has 0 radical (unpaired) electrons. The highest BCUT2D eigenvalue weighted by Crippen LogP contribution is 2.25. The quantitative estimate of drug-likeness (QED) is 0.671. The zero-order valence-electron chi connectivity index (χ0n) is 10.0. The lowest BCUT2D eigenvalue weighted by molar-refractivity contribution is -0.127. The maximum Gasteiger partial charge on any atom is 0.364 e. The van der Waals surface area contributed by atoms with Crippen LogP contribution < -0.4 is 5.73 Å². The molecule has 0 saturated heterocycles. The van der Waals surface area contributed by atoms with Crippen molar-refractivity contribution in [3.05, 3.63) is 77.5 Å². The van der Waals surface area contributed by atoms with Crippen LogP contribution in [-0.4, -0.2) is 5.97 Å². The minimum absolute atomic E-state index is 0.104. The van der Waals surface area contributed by atoms with Gasteiger partial charge in [0.05, 0.1) is 0 Å². The molecular weight excluding hydrogens is 353 g/mol. The van der Waals surface area contributed by atoms with E-state index in [1.165, 1.54) is 23.0 Å². The predicted octanol–water partition coefficient (Wildman–Crippen LogP) is 3.30. The van der Waals surface area contributed by atoms with Gasteiger partial charge in [-0.1, -0.05) is 60.7 Å². The molecule has 2 aromatic rings. The average Bonchev–Trinajstić information content (AvgIpc) is 2.49. The zero-order chi connectivity index (χ0) is 13.7. The fourth-order valence-corrected chi connectivity index (χ4v) is 2.07. The first kappa shape index (κ1) is 13.6. The van der Waals surface area contributed by atoms with Gasteiger partial charge < -0.3 is 8.80 Å². The summed E-state index contributed by atoms with van der Waals surface area (Å²) in [6, 6.07) is 19.1. The van der Waals surface area contributed by atoms with Crippen LogP contribution in [0.3, 0.4) is 0 Å². The minimum Gasteiger partial charge on any atom is -0.392 e. The minimum atomic E-state index is -0.539. The van der Waals surface area contributed by atoms with E-state index in [4.69, 9.17) is 5.73 Å². The number of rotatable bonds is 3. The highest BCUT2D eigenvalue weighted by Gasteiger charge is 2.16. The molecule has 2 aromatic carbocycles. The van der Waals surface area contributed by atoms with Crippen LogP contribution in [0.1, 0.15) is 11.1 Å². The number of carbonyl (C=O) groups is 1. The van der Waals surface area contributed by atoms with E-state index in [2.05, 4.69) is 3.07 Å². The van der Waals surface area contributed by atoms with Gasteiger partial charge in [-0.3, -0.25) is 0 Å². The van der Waals surface area contributed by atoms with E-state index in [0.717, 1.165) is 11.1 Å². The molecule has 0 amide bonds. The molecule has 19 heavy (non-hydrogen) atoms. The first-order chi connectivity index (χ1) is 9.24. The Labute approximate surface area is 125 Å². The lowest BCUT2D eigenvalue weighted by atomic mass is 9.96. The third-order valence-corrected chi connectivity index (χ3v) is 3.08. The summed E-state index contributed by atoms with van der Waals surface area (Å²) in [7, 11) is 0. The highest BCUT2D eigenvalue weighted by molar-refractivity contribution is 14.1. The van der Waals surface area contributed by atoms with E-state index in [-0.39, 0.29) is 5.70 Å². The number of hydrogen-bond donors (Lipinski definition) is 1. The van der Waals surface area contributed by atoms with E-state index < -0.39 is 5.97 Å². The van der Waals surface area contributed by atoms with Crippen molar-refractivity contribution in [2.45, 2.75) is 0 Å². The Kier molecular flexibility index (Phi) is 4.57. The third-order valence-electron chi connectivity index (χ3n) is 2.68. The van der Waals surface area contributed by atoms with Gasteiger partial charge in [0.1, 0.15) is 5.70 Å². The van der Waals surface area contributed by atoms with Crippen molar-refractivity contribution >= 4 is 34.5 Å². The predicted molar refractivity (Wildman–Crippen MR) is 83.2 cm³/mol. The number of hydrogen-bond acceptors (Lipinski definition) is 3. The van der Waals surface area contributed by atoms with Gasteiger partial charge in [0, 0.05) is 5.57 Å². The maximum atomic E-state index is 11.7. The van der Waals surface area contributed by atoms with Crippen molar-refractivity contribution in [3.8, 4) is 0 Å². The molecule has 0 aliphatic heterocycles. The molecule has 96 valence electrons. The van der Waals surface area contributed by atoms with Gasteiger partial charge in [-0.25, -0.2) is 4.79 Å². The molecule has 0 unspecified atom stereocenters. The Morgan fingerprint density at radius 1 is 0.895 bits per heavy atom. The molecule has 0 heterocycles. The van der Waals surface area contributed by atoms with Gasteiger partial charge in [0.15, 0.2) is 23.0 Å². The lowest BCUT2D eigenvalue weighted by Crippen LogP contribution is -2.14. The first-order valence-corrected chi connectivity index (χ1v) is 6.55. The number of carbonyl (C=O) groups excluding carboxylic acids is 1. The summed E-state index contributed by atoms with van der Waals surface area (Å²) in [5.74, 6) is -0.539. The van der Waals surface area contributed by atoms with E-state index in [0.29, 0.717) is 5.57 Å². The van der Waals surface area contributed by atoms with Crippen LogP contribution in [0.25, 0.3) is 5.57 Å². The van der Waals surface area contributed by atoms with E-state index >= 15 is 0 Å². The van der Waals surface area contributed by atoms with Crippen molar-refractivity contribution in [2.75, 3.05) is 0 Å². The van der Waals surface area contributed by atoms with Crippen molar-refractivity contribution in [2.24, 2.45) is 5.73 Å². The first-order valence-electron chi connectivity index (χ1n) is 5.67. The molecule has 2 N–H and O–H groups in total. The standard InChI is InChI=1S/C15H12INO2/c16-19-15(18)14(17)13(11-7-3-1-4-8-11)12-9-5-2-6-10-12/h1-10H,17H2. The van der Waals surface area contributed by atoms with Crippen LogP contribution in [0.5, 0.6) is 0 Å². The Morgan fingerprint density at radius 3 is 1.68 bits per heavy atom. The Hall–Kier alpha value is -1.82. The molecule has 3 nitrogen and oxygen atoms in total. The van der Waals surface area contributed by atoms with Crippen molar-refractivity contribution in [1.29, 1.82) is 0 Å². The van der Waals surface area contributed by atoms with E-state index in [9.17, 15) is 4.79 Å². The van der Waals surface area contributed by atoms with Gasteiger partial charge >= 0.3 is 5.97 Å². The molecule has 0 aliphatic carbocycles. The normalized spacial score (nSPS) is 9.74. The van der Waals surface area contributed by atoms with Crippen molar-refractivity contribution in [1.82, 2.24) is 0 Å². The number of benzene rings is 2. The van der Waals surface area contributed by atoms with E-state index in [1.54, 1.807) is 0 Å². The zero-order valence-corrected chi connectivity index (χ0v) is 12.2. The van der Waals surface area contributed by atoms with Crippen LogP contribution in [0, 0.1) is 0 Å². The summed E-state index contributed by atoms with van der Waals surface area (Å²) in [5.41, 5.74) is 8.49. The maximum absolute atomic E-state index is 11.7. The number of halogens is 1. The molecule has 0 fully saturated rings. The summed E-state index contributed by atoms with van der Waals surface area (Å²) in [6.45, 7) is 0. The fraction of sp³-hybridized carbons (Fsp3) is 0. The van der Waals surface area contributed by atoms with Crippen LogP contribution in [0.15, 0.2) is 66.4 Å². The number of nitrogens with two attached hydrogens (primary N) is 1. The summed E-state index contributed by atoms with van der Waals surface area (Å²) >= 11 is 1.54. The summed E-state index contributed by atoms with van der Waals surface area (Å²) in [6.07, 6.45) is 0. The monoisotopic (exact) mass is 365 g/mol. The summed E-state index contributed by atoms with van der Waals surface area (Å²) in [4.78, 5) is 11.7.